The third-order valence-corrected chi connectivity index (χ3v) is 4.62. The van der Waals surface area contributed by atoms with Crippen LogP contribution < -0.4 is 5.32 Å². The minimum absolute atomic E-state index is 0.0719. The third kappa shape index (κ3) is 4.64. The number of carbonyl (C=O) groups is 1. The third-order valence-electron chi connectivity index (χ3n) is 4.62. The Morgan fingerprint density at radius 3 is 2.79 bits per heavy atom. The number of pyridine rings is 1. The first kappa shape index (κ1) is 16.6. The molecule has 1 saturated carbocycles. The van der Waals surface area contributed by atoms with Crippen LogP contribution in [0.3, 0.4) is 0 Å². The summed E-state index contributed by atoms with van der Waals surface area (Å²) in [6.07, 6.45) is 10.5. The van der Waals surface area contributed by atoms with Crippen LogP contribution in [0, 0.1) is 5.92 Å². The molecule has 0 spiro atoms. The van der Waals surface area contributed by atoms with Gasteiger partial charge in [-0.2, -0.15) is 5.10 Å². The summed E-state index contributed by atoms with van der Waals surface area (Å²) in [5.41, 5.74) is 1.16. The topological polar surface area (TPSA) is 80.0 Å². The summed E-state index contributed by atoms with van der Waals surface area (Å²) in [5, 5.41) is 16.9. The molecule has 1 fully saturated rings. The number of nitrogens with zero attached hydrogens (tertiary/aromatic N) is 3. The van der Waals surface area contributed by atoms with E-state index in [1.54, 1.807) is 18.6 Å². The van der Waals surface area contributed by atoms with Crippen LogP contribution in [0.2, 0.25) is 0 Å². The van der Waals surface area contributed by atoms with Gasteiger partial charge in [0.05, 0.1) is 6.10 Å². The SMILES string of the molecule is O=C(CCCn1cccn1)N[C@@H](Cc1ccncc1)C1CC(O)C1. The predicted molar refractivity (Wildman–Crippen MR) is 90.1 cm³/mol. The highest BCUT2D eigenvalue weighted by molar-refractivity contribution is 5.76. The quantitative estimate of drug-likeness (QED) is 0.770. The minimum atomic E-state index is -0.216. The van der Waals surface area contributed by atoms with Crippen LogP contribution in [0.25, 0.3) is 0 Å². The predicted octanol–water partition coefficient (Wildman–Crippen LogP) is 1.56. The lowest BCUT2D eigenvalue weighted by Crippen LogP contribution is -2.48. The number of rotatable bonds is 8. The zero-order valence-corrected chi connectivity index (χ0v) is 13.7. The summed E-state index contributed by atoms with van der Waals surface area (Å²) in [4.78, 5) is 16.3. The summed E-state index contributed by atoms with van der Waals surface area (Å²) >= 11 is 0. The molecule has 6 heteroatoms. The Balaban J connectivity index is 1.50. The van der Waals surface area contributed by atoms with Crippen LogP contribution in [0.5, 0.6) is 0 Å². The maximum atomic E-state index is 12.3. The molecule has 1 atom stereocenters. The van der Waals surface area contributed by atoms with Gasteiger partial charge in [-0.25, -0.2) is 0 Å². The van der Waals surface area contributed by atoms with E-state index in [1.165, 1.54) is 0 Å². The van der Waals surface area contributed by atoms with E-state index in [0.29, 0.717) is 12.3 Å². The molecular formula is C18H24N4O2. The van der Waals surface area contributed by atoms with Gasteiger partial charge in [0.25, 0.3) is 0 Å². The summed E-state index contributed by atoms with van der Waals surface area (Å²) in [6, 6.07) is 5.91. The number of nitrogens with one attached hydrogen (secondary N) is 1. The van der Waals surface area contributed by atoms with Gasteiger partial charge in [0.2, 0.25) is 5.91 Å². The molecular weight excluding hydrogens is 304 g/mol. The van der Waals surface area contributed by atoms with E-state index < -0.39 is 0 Å². The number of aliphatic hydroxyl groups excluding tert-OH is 1. The van der Waals surface area contributed by atoms with E-state index in [-0.39, 0.29) is 18.1 Å². The van der Waals surface area contributed by atoms with E-state index >= 15 is 0 Å². The second kappa shape index (κ2) is 8.06. The molecule has 2 heterocycles. The molecule has 6 nitrogen and oxygen atoms in total. The highest BCUT2D eigenvalue weighted by Crippen LogP contribution is 2.31. The Kier molecular flexibility index (Phi) is 5.59. The zero-order valence-electron chi connectivity index (χ0n) is 13.7. The molecule has 2 aromatic heterocycles. The van der Waals surface area contributed by atoms with Crippen molar-refractivity contribution in [1.29, 1.82) is 0 Å². The molecule has 1 amide bonds. The first-order valence-electron chi connectivity index (χ1n) is 8.54. The molecule has 1 aliphatic rings. The maximum absolute atomic E-state index is 12.3. The average molecular weight is 328 g/mol. The molecule has 128 valence electrons. The molecule has 0 aromatic carbocycles. The van der Waals surface area contributed by atoms with Gasteiger partial charge in [-0.05, 0) is 55.4 Å². The van der Waals surface area contributed by atoms with Gasteiger partial charge in [0.1, 0.15) is 0 Å². The largest absolute Gasteiger partial charge is 0.393 e. The van der Waals surface area contributed by atoms with Crippen LogP contribution in [-0.4, -0.2) is 37.9 Å². The van der Waals surface area contributed by atoms with Crippen molar-refractivity contribution in [3.8, 4) is 0 Å². The van der Waals surface area contributed by atoms with E-state index in [2.05, 4.69) is 15.4 Å². The second-order valence-electron chi connectivity index (χ2n) is 6.49. The van der Waals surface area contributed by atoms with Crippen molar-refractivity contribution in [2.45, 2.75) is 50.8 Å². The fraction of sp³-hybridized carbons (Fsp3) is 0.500. The fourth-order valence-electron chi connectivity index (χ4n) is 3.18. The monoisotopic (exact) mass is 328 g/mol. The Morgan fingerprint density at radius 2 is 2.12 bits per heavy atom. The Labute approximate surface area is 141 Å². The van der Waals surface area contributed by atoms with Gasteiger partial charge in [-0.3, -0.25) is 14.5 Å². The molecule has 0 radical (unpaired) electrons. The summed E-state index contributed by atoms with van der Waals surface area (Å²) in [7, 11) is 0. The number of hydrogen-bond donors (Lipinski definition) is 2. The Hall–Kier alpha value is -2.21. The van der Waals surface area contributed by atoms with E-state index in [0.717, 1.165) is 37.8 Å². The Morgan fingerprint density at radius 1 is 1.33 bits per heavy atom. The minimum Gasteiger partial charge on any atom is -0.393 e. The van der Waals surface area contributed by atoms with Crippen LogP contribution in [0.1, 0.15) is 31.2 Å². The second-order valence-corrected chi connectivity index (χ2v) is 6.49. The highest BCUT2D eigenvalue weighted by atomic mass is 16.3. The molecule has 0 bridgehead atoms. The molecule has 2 aromatic rings. The first-order chi connectivity index (χ1) is 11.7. The number of carbonyl (C=O) groups excluding carboxylic acids is 1. The number of hydrogen-bond acceptors (Lipinski definition) is 4. The van der Waals surface area contributed by atoms with Crippen LogP contribution in [0.4, 0.5) is 0 Å². The fourth-order valence-corrected chi connectivity index (χ4v) is 3.18. The summed E-state index contributed by atoms with van der Waals surface area (Å²) in [5.74, 6) is 0.422. The molecule has 1 aliphatic carbocycles. The lowest BCUT2D eigenvalue weighted by molar-refractivity contribution is -0.123. The number of aromatic nitrogens is 3. The van der Waals surface area contributed by atoms with Crippen molar-refractivity contribution in [3.05, 3.63) is 48.5 Å². The molecule has 3 rings (SSSR count). The smallest absolute Gasteiger partial charge is 0.220 e. The van der Waals surface area contributed by atoms with Crippen molar-refractivity contribution in [2.75, 3.05) is 0 Å². The standard InChI is InChI=1S/C18H24N4O2/c23-16-12-15(13-16)17(11-14-4-7-19-8-5-14)21-18(24)3-1-9-22-10-2-6-20-22/h2,4-8,10,15-17,23H,1,3,9,11-13H2,(H,21,24)/t15?,16?,17-/m0/s1. The van der Waals surface area contributed by atoms with Gasteiger partial charge >= 0.3 is 0 Å². The zero-order chi connectivity index (χ0) is 16.8. The normalized spacial score (nSPS) is 21.0. The molecule has 24 heavy (non-hydrogen) atoms. The van der Waals surface area contributed by atoms with Gasteiger partial charge in [0, 0.05) is 43.8 Å². The molecule has 0 saturated heterocycles. The number of aliphatic hydroxyl groups is 1. The van der Waals surface area contributed by atoms with Crippen molar-refractivity contribution in [1.82, 2.24) is 20.1 Å². The molecule has 0 unspecified atom stereocenters. The summed E-state index contributed by atoms with van der Waals surface area (Å²) in [6.45, 7) is 0.748. The average Bonchev–Trinajstić information content (AvgIpc) is 3.06. The number of amides is 1. The highest BCUT2D eigenvalue weighted by Gasteiger charge is 2.34. The van der Waals surface area contributed by atoms with E-state index in [1.807, 2.05) is 29.1 Å². The summed E-state index contributed by atoms with van der Waals surface area (Å²) < 4.78 is 1.84. The van der Waals surface area contributed by atoms with Crippen LogP contribution in [0.15, 0.2) is 43.0 Å². The van der Waals surface area contributed by atoms with Crippen molar-refractivity contribution >= 4 is 5.91 Å². The van der Waals surface area contributed by atoms with Crippen molar-refractivity contribution in [2.24, 2.45) is 5.92 Å². The van der Waals surface area contributed by atoms with E-state index in [4.69, 9.17) is 0 Å². The van der Waals surface area contributed by atoms with Crippen molar-refractivity contribution in [3.63, 3.8) is 0 Å². The van der Waals surface area contributed by atoms with Crippen LogP contribution in [-0.2, 0) is 17.8 Å². The lowest BCUT2D eigenvalue weighted by atomic mass is 9.75. The van der Waals surface area contributed by atoms with Gasteiger partial charge < -0.3 is 10.4 Å². The molecule has 0 aliphatic heterocycles. The van der Waals surface area contributed by atoms with Crippen molar-refractivity contribution < 1.29 is 9.90 Å². The van der Waals surface area contributed by atoms with Gasteiger partial charge in [-0.15, -0.1) is 0 Å². The molecule has 2 N–H and O–H groups in total. The first-order valence-corrected chi connectivity index (χ1v) is 8.54. The lowest BCUT2D eigenvalue weighted by Gasteiger charge is -2.38. The van der Waals surface area contributed by atoms with Gasteiger partial charge in [0.15, 0.2) is 0 Å². The van der Waals surface area contributed by atoms with E-state index in [9.17, 15) is 9.90 Å². The maximum Gasteiger partial charge on any atom is 0.220 e. The number of aryl methyl sites for hydroxylation is 1. The van der Waals surface area contributed by atoms with Crippen LogP contribution >= 0.6 is 0 Å². The Bertz CT molecular complexity index is 624. The van der Waals surface area contributed by atoms with Gasteiger partial charge in [-0.1, -0.05) is 0 Å².